The number of rotatable bonds is 3. The van der Waals surface area contributed by atoms with Crippen molar-refractivity contribution >= 4 is 16.8 Å². The number of H-pyrrole nitrogens is 1. The van der Waals surface area contributed by atoms with Crippen molar-refractivity contribution in [3.05, 3.63) is 34.1 Å². The van der Waals surface area contributed by atoms with Gasteiger partial charge in [-0.05, 0) is 37.8 Å². The van der Waals surface area contributed by atoms with Crippen LogP contribution in [0.5, 0.6) is 0 Å². The predicted octanol–water partition coefficient (Wildman–Crippen LogP) is 1.62. The third-order valence-electron chi connectivity index (χ3n) is 5.46. The van der Waals surface area contributed by atoms with E-state index < -0.39 is 5.91 Å². The lowest BCUT2D eigenvalue weighted by atomic mass is 9.89. The third kappa shape index (κ3) is 2.37. The Balaban J connectivity index is 1.62. The van der Waals surface area contributed by atoms with Crippen molar-refractivity contribution in [1.82, 2.24) is 14.7 Å². The maximum atomic E-state index is 12.7. The van der Waals surface area contributed by atoms with Crippen molar-refractivity contribution in [3.8, 4) is 0 Å². The average Bonchev–Trinajstić information content (AvgIpc) is 2.83. The number of piperidine rings is 1. The van der Waals surface area contributed by atoms with Crippen LogP contribution in [0, 0.1) is 0 Å². The lowest BCUT2D eigenvalue weighted by molar-refractivity contribution is 0.0837. The van der Waals surface area contributed by atoms with Crippen LogP contribution in [-0.2, 0) is 0 Å². The molecule has 1 saturated carbocycles. The number of carbonyl (C=O) groups excluding carboxylic acids is 1. The number of nitrogens with zero attached hydrogens (tertiary/aromatic N) is 2. The zero-order valence-corrected chi connectivity index (χ0v) is 13.1. The van der Waals surface area contributed by atoms with Crippen molar-refractivity contribution in [3.63, 3.8) is 0 Å². The standard InChI is InChI=1S/C17H22N4O2/c18-16(22)13-5-2-6-14-15(13)17(23)21(19-14)12-7-9-20(10-8-12)11-3-1-4-11/h2,5-6,11-12,19H,1,3-4,7-10H2,(H2,18,22). The molecule has 23 heavy (non-hydrogen) atoms. The number of nitrogens with two attached hydrogens (primary N) is 1. The summed E-state index contributed by atoms with van der Waals surface area (Å²) in [6, 6.07) is 6.12. The predicted molar refractivity (Wildman–Crippen MR) is 88.6 cm³/mol. The molecule has 2 fully saturated rings. The molecule has 1 saturated heterocycles. The van der Waals surface area contributed by atoms with E-state index in [-0.39, 0.29) is 11.6 Å². The number of amides is 1. The van der Waals surface area contributed by atoms with E-state index in [4.69, 9.17) is 5.73 Å². The van der Waals surface area contributed by atoms with Crippen LogP contribution >= 0.6 is 0 Å². The summed E-state index contributed by atoms with van der Waals surface area (Å²) in [7, 11) is 0. The van der Waals surface area contributed by atoms with Gasteiger partial charge in [-0.1, -0.05) is 12.5 Å². The van der Waals surface area contributed by atoms with Crippen molar-refractivity contribution in [2.24, 2.45) is 5.73 Å². The van der Waals surface area contributed by atoms with Crippen molar-refractivity contribution < 1.29 is 4.79 Å². The number of benzene rings is 1. The van der Waals surface area contributed by atoms with Gasteiger partial charge in [0.25, 0.3) is 5.56 Å². The third-order valence-corrected chi connectivity index (χ3v) is 5.46. The molecule has 0 radical (unpaired) electrons. The summed E-state index contributed by atoms with van der Waals surface area (Å²) in [5.74, 6) is -0.557. The SMILES string of the molecule is NC(=O)c1cccc2[nH]n(C3CCN(C4CCC4)CC3)c(=O)c12. The Morgan fingerprint density at radius 3 is 2.48 bits per heavy atom. The van der Waals surface area contributed by atoms with E-state index in [2.05, 4.69) is 10.00 Å². The molecular weight excluding hydrogens is 292 g/mol. The van der Waals surface area contributed by atoms with E-state index in [1.807, 2.05) is 6.07 Å². The van der Waals surface area contributed by atoms with E-state index in [1.165, 1.54) is 19.3 Å². The Bertz CT molecular complexity index is 795. The first-order chi connectivity index (χ1) is 11.1. The number of likely N-dealkylation sites (tertiary alicyclic amines) is 1. The Morgan fingerprint density at radius 1 is 1.13 bits per heavy atom. The highest BCUT2D eigenvalue weighted by Crippen LogP contribution is 2.30. The molecule has 0 atom stereocenters. The molecule has 2 heterocycles. The molecule has 3 N–H and O–H groups in total. The lowest BCUT2D eigenvalue weighted by Crippen LogP contribution is -2.45. The molecular formula is C17H22N4O2. The zero-order valence-electron chi connectivity index (χ0n) is 13.1. The minimum atomic E-state index is -0.557. The van der Waals surface area contributed by atoms with Crippen molar-refractivity contribution in [2.45, 2.75) is 44.2 Å². The van der Waals surface area contributed by atoms with Gasteiger partial charge in [0.2, 0.25) is 5.91 Å². The number of nitrogens with one attached hydrogen (secondary N) is 1. The molecule has 2 aromatic rings. The Labute approximate surface area is 134 Å². The second kappa shape index (κ2) is 5.53. The molecule has 0 spiro atoms. The maximum Gasteiger partial charge on any atom is 0.275 e. The Morgan fingerprint density at radius 2 is 1.87 bits per heavy atom. The number of aromatic amines is 1. The van der Waals surface area contributed by atoms with Gasteiger partial charge >= 0.3 is 0 Å². The van der Waals surface area contributed by atoms with Crippen molar-refractivity contribution in [2.75, 3.05) is 13.1 Å². The fourth-order valence-electron chi connectivity index (χ4n) is 3.90. The highest BCUT2D eigenvalue weighted by molar-refractivity contribution is 6.05. The van der Waals surface area contributed by atoms with E-state index in [0.29, 0.717) is 16.5 Å². The van der Waals surface area contributed by atoms with Gasteiger partial charge in [0.1, 0.15) is 0 Å². The van der Waals surface area contributed by atoms with Crippen LogP contribution in [0.2, 0.25) is 0 Å². The first-order valence-corrected chi connectivity index (χ1v) is 8.42. The quantitative estimate of drug-likeness (QED) is 0.903. The first-order valence-electron chi connectivity index (χ1n) is 8.42. The summed E-state index contributed by atoms with van der Waals surface area (Å²) in [5.41, 5.74) is 6.26. The van der Waals surface area contributed by atoms with E-state index in [1.54, 1.807) is 16.8 Å². The average molecular weight is 314 g/mol. The summed E-state index contributed by atoms with van der Waals surface area (Å²) in [4.78, 5) is 26.9. The van der Waals surface area contributed by atoms with Gasteiger partial charge in [0.05, 0.1) is 22.5 Å². The summed E-state index contributed by atoms with van der Waals surface area (Å²) in [6.07, 6.45) is 5.92. The monoisotopic (exact) mass is 314 g/mol. The van der Waals surface area contributed by atoms with Gasteiger partial charge in [0.15, 0.2) is 0 Å². The van der Waals surface area contributed by atoms with Crippen LogP contribution in [0.25, 0.3) is 10.9 Å². The molecule has 1 aromatic carbocycles. The highest BCUT2D eigenvalue weighted by atomic mass is 16.1. The summed E-state index contributed by atoms with van der Waals surface area (Å²) in [5, 5.41) is 3.60. The van der Waals surface area contributed by atoms with Crippen molar-refractivity contribution in [1.29, 1.82) is 0 Å². The number of hydrogen-bond acceptors (Lipinski definition) is 3. The molecule has 1 amide bonds. The normalized spacial score (nSPS) is 20.7. The van der Waals surface area contributed by atoms with Crippen LogP contribution in [0.4, 0.5) is 0 Å². The van der Waals surface area contributed by atoms with Gasteiger partial charge in [-0.25, -0.2) is 4.68 Å². The zero-order chi connectivity index (χ0) is 16.0. The van der Waals surface area contributed by atoms with E-state index in [9.17, 15) is 9.59 Å². The molecule has 6 heteroatoms. The minimum Gasteiger partial charge on any atom is -0.366 e. The van der Waals surface area contributed by atoms with Crippen LogP contribution in [-0.4, -0.2) is 39.7 Å². The molecule has 1 aliphatic heterocycles. The van der Waals surface area contributed by atoms with Crippen LogP contribution in [0.3, 0.4) is 0 Å². The summed E-state index contributed by atoms with van der Waals surface area (Å²) >= 11 is 0. The molecule has 4 rings (SSSR count). The van der Waals surface area contributed by atoms with Gasteiger partial charge in [-0.3, -0.25) is 14.7 Å². The van der Waals surface area contributed by atoms with Gasteiger partial charge in [-0.15, -0.1) is 0 Å². The number of aromatic nitrogens is 2. The van der Waals surface area contributed by atoms with Gasteiger partial charge in [0, 0.05) is 19.1 Å². The molecule has 2 aliphatic rings. The van der Waals surface area contributed by atoms with Crippen LogP contribution < -0.4 is 11.3 Å². The molecule has 1 aliphatic carbocycles. The molecule has 6 nitrogen and oxygen atoms in total. The fourth-order valence-corrected chi connectivity index (χ4v) is 3.90. The molecule has 0 bridgehead atoms. The minimum absolute atomic E-state index is 0.128. The highest BCUT2D eigenvalue weighted by Gasteiger charge is 2.30. The number of carbonyl (C=O) groups is 1. The first kappa shape index (κ1) is 14.5. The van der Waals surface area contributed by atoms with Gasteiger partial charge < -0.3 is 10.6 Å². The Hall–Kier alpha value is -2.08. The van der Waals surface area contributed by atoms with E-state index >= 15 is 0 Å². The molecule has 122 valence electrons. The molecule has 1 aromatic heterocycles. The van der Waals surface area contributed by atoms with Crippen LogP contribution in [0.1, 0.15) is 48.5 Å². The number of hydrogen-bond donors (Lipinski definition) is 2. The fraction of sp³-hybridized carbons (Fsp3) is 0.529. The topological polar surface area (TPSA) is 84.1 Å². The second-order valence-corrected chi connectivity index (χ2v) is 6.73. The van der Waals surface area contributed by atoms with Crippen LogP contribution in [0.15, 0.2) is 23.0 Å². The maximum absolute atomic E-state index is 12.7. The second-order valence-electron chi connectivity index (χ2n) is 6.73. The largest absolute Gasteiger partial charge is 0.366 e. The molecule has 0 unspecified atom stereocenters. The van der Waals surface area contributed by atoms with E-state index in [0.717, 1.165) is 32.0 Å². The summed E-state index contributed by atoms with van der Waals surface area (Å²) < 4.78 is 1.70. The lowest BCUT2D eigenvalue weighted by Gasteiger charge is -2.41. The number of fused-ring (bicyclic) bond motifs is 1. The smallest absolute Gasteiger partial charge is 0.275 e. The number of primary amides is 1. The van der Waals surface area contributed by atoms with Gasteiger partial charge in [-0.2, -0.15) is 0 Å². The summed E-state index contributed by atoms with van der Waals surface area (Å²) in [6.45, 7) is 2.08. The Kier molecular flexibility index (Phi) is 3.49.